The Hall–Kier alpha value is -1.45. The van der Waals surface area contributed by atoms with Crippen LogP contribution in [0, 0.1) is 5.92 Å². The van der Waals surface area contributed by atoms with Gasteiger partial charge >= 0.3 is 0 Å². The van der Waals surface area contributed by atoms with Crippen LogP contribution in [0.15, 0.2) is 53.9 Å². The number of hydrogen-bond donors (Lipinski definition) is 1. The molecule has 2 aromatic carbocycles. The minimum absolute atomic E-state index is 0.0126. The van der Waals surface area contributed by atoms with Gasteiger partial charge in [-0.1, -0.05) is 42.5 Å². The Balaban J connectivity index is 1.67. The van der Waals surface area contributed by atoms with Crippen molar-refractivity contribution in [3.05, 3.63) is 53.9 Å². The number of fused-ring (bicyclic) bond motifs is 1. The zero-order valence-electron chi connectivity index (χ0n) is 12.8. The van der Waals surface area contributed by atoms with Crippen LogP contribution in [0.1, 0.15) is 12.8 Å². The highest BCUT2D eigenvalue weighted by atomic mass is 32.2. The van der Waals surface area contributed by atoms with Gasteiger partial charge in [0.25, 0.3) is 0 Å². The lowest BCUT2D eigenvalue weighted by Gasteiger charge is -2.26. The number of ether oxygens (including phenoxy) is 1. The Labute approximate surface area is 135 Å². The average molecular weight is 311 g/mol. The molecule has 1 aliphatic carbocycles. The fourth-order valence-electron chi connectivity index (χ4n) is 3.59. The van der Waals surface area contributed by atoms with Crippen molar-refractivity contribution in [2.45, 2.75) is 23.7 Å². The summed E-state index contributed by atoms with van der Waals surface area (Å²) >= 11 is 1.93. The molecule has 2 nitrogen and oxygen atoms in total. The summed E-state index contributed by atoms with van der Waals surface area (Å²) in [6.07, 6.45) is 4.55. The molecule has 1 fully saturated rings. The Kier molecular flexibility index (Phi) is 3.63. The van der Waals surface area contributed by atoms with Crippen LogP contribution >= 0.6 is 11.8 Å². The Morgan fingerprint density at radius 2 is 2.09 bits per heavy atom. The van der Waals surface area contributed by atoms with Crippen molar-refractivity contribution in [3.63, 3.8) is 0 Å². The zero-order chi connectivity index (χ0) is 15.0. The van der Waals surface area contributed by atoms with Crippen molar-refractivity contribution < 1.29 is 4.74 Å². The van der Waals surface area contributed by atoms with Gasteiger partial charge < -0.3 is 10.1 Å². The Morgan fingerprint density at radius 3 is 2.91 bits per heavy atom. The fourth-order valence-corrected chi connectivity index (χ4v) is 4.79. The molecular weight excluding hydrogens is 290 g/mol. The summed E-state index contributed by atoms with van der Waals surface area (Å²) in [5.41, 5.74) is -0.0126. The van der Waals surface area contributed by atoms with Crippen LogP contribution in [-0.2, 0) is 0 Å². The fraction of sp³-hybridized carbons (Fsp3) is 0.368. The van der Waals surface area contributed by atoms with Crippen LogP contribution < -0.4 is 10.1 Å². The second kappa shape index (κ2) is 5.64. The van der Waals surface area contributed by atoms with Gasteiger partial charge in [0.2, 0.25) is 0 Å². The largest absolute Gasteiger partial charge is 0.485 e. The third-order valence-corrected chi connectivity index (χ3v) is 6.10. The highest BCUT2D eigenvalue weighted by Gasteiger charge is 2.61. The highest BCUT2D eigenvalue weighted by Crippen LogP contribution is 2.55. The monoisotopic (exact) mass is 311 g/mol. The van der Waals surface area contributed by atoms with E-state index in [9.17, 15) is 0 Å². The highest BCUT2D eigenvalue weighted by molar-refractivity contribution is 8.03. The summed E-state index contributed by atoms with van der Waals surface area (Å²) in [7, 11) is 2.03. The first-order chi connectivity index (χ1) is 10.8. The first kappa shape index (κ1) is 14.2. The van der Waals surface area contributed by atoms with Crippen LogP contribution in [0.3, 0.4) is 0 Å². The van der Waals surface area contributed by atoms with Gasteiger partial charge in [-0.05, 0) is 36.7 Å². The summed E-state index contributed by atoms with van der Waals surface area (Å²) in [6.45, 7) is 1.03. The van der Waals surface area contributed by atoms with E-state index in [1.165, 1.54) is 10.8 Å². The summed E-state index contributed by atoms with van der Waals surface area (Å²) in [5.74, 6) is 1.64. The molecule has 0 aromatic heterocycles. The molecule has 2 aromatic rings. The van der Waals surface area contributed by atoms with Crippen LogP contribution in [0.4, 0.5) is 0 Å². The van der Waals surface area contributed by atoms with Gasteiger partial charge in [-0.3, -0.25) is 0 Å². The minimum Gasteiger partial charge on any atom is -0.485 e. The van der Waals surface area contributed by atoms with E-state index in [4.69, 9.17) is 4.74 Å². The summed E-state index contributed by atoms with van der Waals surface area (Å²) in [6, 6.07) is 14.9. The normalized spacial score (nSPS) is 29.9. The van der Waals surface area contributed by atoms with E-state index < -0.39 is 0 Å². The Bertz CT molecular complexity index is 700. The van der Waals surface area contributed by atoms with E-state index in [1.54, 1.807) is 0 Å². The summed E-state index contributed by atoms with van der Waals surface area (Å²) < 4.78 is 6.67. The predicted molar refractivity (Wildman–Crippen MR) is 94.5 cm³/mol. The number of hydrogen-bond acceptors (Lipinski definition) is 3. The van der Waals surface area contributed by atoms with Gasteiger partial charge in [0.1, 0.15) is 11.4 Å². The standard InChI is InChI=1S/C19H21NOS/c1-20-13-15-12-19(15,18-10-5-11-22-18)21-17-9-4-7-14-6-2-3-8-16(14)17/h2-9,11,15,18,20H,10,12-13H2,1H3. The SMILES string of the molecule is CNCC1CC1(Oc1cccc2ccccc12)C1CC=CS1. The molecule has 1 N–H and O–H groups in total. The Morgan fingerprint density at radius 1 is 1.23 bits per heavy atom. The topological polar surface area (TPSA) is 21.3 Å². The van der Waals surface area contributed by atoms with Crippen molar-refractivity contribution in [3.8, 4) is 5.75 Å². The quantitative estimate of drug-likeness (QED) is 0.893. The molecule has 1 saturated carbocycles. The molecule has 114 valence electrons. The second-order valence-electron chi connectivity index (χ2n) is 6.23. The molecule has 22 heavy (non-hydrogen) atoms. The molecular formula is C19H21NOS. The van der Waals surface area contributed by atoms with Crippen LogP contribution in [-0.4, -0.2) is 24.4 Å². The number of allylic oxidation sites excluding steroid dienone is 1. The number of rotatable bonds is 5. The van der Waals surface area contributed by atoms with E-state index in [1.807, 2.05) is 18.8 Å². The maximum absolute atomic E-state index is 6.67. The maximum Gasteiger partial charge on any atom is 0.128 e. The lowest BCUT2D eigenvalue weighted by molar-refractivity contribution is 0.159. The van der Waals surface area contributed by atoms with Gasteiger partial charge in [0, 0.05) is 17.8 Å². The lowest BCUT2D eigenvalue weighted by atomic mass is 10.1. The van der Waals surface area contributed by atoms with Crippen LogP contribution in [0.2, 0.25) is 0 Å². The molecule has 0 amide bonds. The molecule has 0 bridgehead atoms. The first-order valence-corrected chi connectivity index (χ1v) is 8.89. The van der Waals surface area contributed by atoms with E-state index >= 15 is 0 Å². The molecule has 2 aliphatic rings. The third kappa shape index (κ3) is 2.33. The van der Waals surface area contributed by atoms with Crippen molar-refractivity contribution in [1.82, 2.24) is 5.32 Å². The van der Waals surface area contributed by atoms with Crippen LogP contribution in [0.25, 0.3) is 10.8 Å². The molecule has 1 aliphatic heterocycles. The first-order valence-electron chi connectivity index (χ1n) is 7.95. The van der Waals surface area contributed by atoms with Gasteiger partial charge in [-0.15, -0.1) is 11.8 Å². The molecule has 1 heterocycles. The van der Waals surface area contributed by atoms with Gasteiger partial charge in [-0.2, -0.15) is 0 Å². The number of thioether (sulfide) groups is 1. The third-order valence-electron chi connectivity index (χ3n) is 4.83. The molecule has 3 heteroatoms. The maximum atomic E-state index is 6.67. The molecule has 4 rings (SSSR count). The molecule has 3 atom stereocenters. The number of nitrogens with one attached hydrogen (secondary N) is 1. The van der Waals surface area contributed by atoms with E-state index in [2.05, 4.69) is 59.3 Å². The second-order valence-corrected chi connectivity index (χ2v) is 7.34. The molecule has 0 spiro atoms. The van der Waals surface area contributed by atoms with Crippen molar-refractivity contribution >= 4 is 22.5 Å². The van der Waals surface area contributed by atoms with Crippen molar-refractivity contribution in [2.75, 3.05) is 13.6 Å². The van der Waals surface area contributed by atoms with Crippen molar-refractivity contribution in [1.29, 1.82) is 0 Å². The van der Waals surface area contributed by atoms with E-state index in [-0.39, 0.29) is 5.60 Å². The summed E-state index contributed by atoms with van der Waals surface area (Å²) in [4.78, 5) is 0. The van der Waals surface area contributed by atoms with E-state index in [0.29, 0.717) is 11.2 Å². The van der Waals surface area contributed by atoms with Gasteiger partial charge in [0.05, 0.1) is 5.25 Å². The predicted octanol–water partition coefficient (Wildman–Crippen LogP) is 4.22. The van der Waals surface area contributed by atoms with Crippen molar-refractivity contribution in [2.24, 2.45) is 5.92 Å². The summed E-state index contributed by atoms with van der Waals surface area (Å²) in [5, 5.41) is 8.56. The van der Waals surface area contributed by atoms with E-state index in [0.717, 1.165) is 25.1 Å². The minimum atomic E-state index is -0.0126. The lowest BCUT2D eigenvalue weighted by Crippen LogP contribution is -2.35. The molecule has 3 unspecified atom stereocenters. The smallest absolute Gasteiger partial charge is 0.128 e. The molecule has 0 radical (unpaired) electrons. The van der Waals surface area contributed by atoms with Crippen LogP contribution in [0.5, 0.6) is 5.75 Å². The molecule has 0 saturated heterocycles. The average Bonchev–Trinajstić information content (AvgIpc) is 2.99. The van der Waals surface area contributed by atoms with Gasteiger partial charge in [0.15, 0.2) is 0 Å². The van der Waals surface area contributed by atoms with Gasteiger partial charge in [-0.25, -0.2) is 0 Å². The zero-order valence-corrected chi connectivity index (χ0v) is 13.6. The number of benzene rings is 2.